The third-order valence-corrected chi connectivity index (χ3v) is 3.89. The second-order valence-corrected chi connectivity index (χ2v) is 6.69. The van der Waals surface area contributed by atoms with E-state index in [1.54, 1.807) is 12.1 Å². The molecule has 0 fully saturated rings. The van der Waals surface area contributed by atoms with Gasteiger partial charge in [0, 0.05) is 16.4 Å². The van der Waals surface area contributed by atoms with Gasteiger partial charge in [-0.1, -0.05) is 37.6 Å². The fraction of sp³-hybridized carbons (Fsp3) is 0.176. The number of anilines is 2. The molecule has 2 rings (SSSR count). The van der Waals surface area contributed by atoms with Crippen molar-refractivity contribution in [3.05, 3.63) is 59.1 Å². The van der Waals surface area contributed by atoms with Gasteiger partial charge in [-0.25, -0.2) is 0 Å². The normalized spacial score (nSPS) is 10.2. The van der Waals surface area contributed by atoms with E-state index >= 15 is 0 Å². The molecular formula is C17H19ClN4S2. The summed E-state index contributed by atoms with van der Waals surface area (Å²) in [5.41, 5.74) is 8.70. The first-order valence-electron chi connectivity index (χ1n) is 7.43. The van der Waals surface area contributed by atoms with Crippen molar-refractivity contribution >= 4 is 57.6 Å². The lowest BCUT2D eigenvalue weighted by atomic mass is 10.0. The number of nitrogens with one attached hydrogen (secondary N) is 4. The lowest BCUT2D eigenvalue weighted by Crippen LogP contribution is -2.45. The zero-order valence-electron chi connectivity index (χ0n) is 13.4. The Kier molecular flexibility index (Phi) is 6.78. The van der Waals surface area contributed by atoms with Gasteiger partial charge in [0.15, 0.2) is 10.2 Å². The van der Waals surface area contributed by atoms with Crippen LogP contribution in [0.15, 0.2) is 48.5 Å². The van der Waals surface area contributed by atoms with Crippen LogP contribution in [-0.4, -0.2) is 10.2 Å². The van der Waals surface area contributed by atoms with Crippen LogP contribution in [0.5, 0.6) is 0 Å². The summed E-state index contributed by atoms with van der Waals surface area (Å²) in [5, 5.41) is 7.60. The fourth-order valence-corrected chi connectivity index (χ4v) is 2.39. The molecule has 24 heavy (non-hydrogen) atoms. The molecule has 0 aliphatic heterocycles. The Bertz CT molecular complexity index is 700. The number of hydrazine groups is 1. The molecule has 7 heteroatoms. The van der Waals surface area contributed by atoms with Gasteiger partial charge in [0.2, 0.25) is 0 Å². The number of halogens is 1. The molecule has 0 amide bonds. The molecule has 0 unspecified atom stereocenters. The second kappa shape index (κ2) is 8.82. The molecule has 4 N–H and O–H groups in total. The van der Waals surface area contributed by atoms with Crippen LogP contribution in [0.1, 0.15) is 25.3 Å². The summed E-state index contributed by atoms with van der Waals surface area (Å²) in [6.07, 6.45) is 0. The van der Waals surface area contributed by atoms with Crippen molar-refractivity contribution in [2.24, 2.45) is 0 Å². The third kappa shape index (κ3) is 5.96. The Morgan fingerprint density at radius 1 is 0.792 bits per heavy atom. The number of hydrogen-bond donors (Lipinski definition) is 4. The van der Waals surface area contributed by atoms with E-state index in [4.69, 9.17) is 36.0 Å². The highest BCUT2D eigenvalue weighted by molar-refractivity contribution is 7.81. The van der Waals surface area contributed by atoms with E-state index in [1.807, 2.05) is 24.3 Å². The molecule has 0 aliphatic carbocycles. The van der Waals surface area contributed by atoms with Crippen LogP contribution in [-0.2, 0) is 0 Å². The van der Waals surface area contributed by atoms with Gasteiger partial charge in [-0.05, 0) is 72.3 Å². The first-order valence-corrected chi connectivity index (χ1v) is 8.63. The number of hydrogen-bond acceptors (Lipinski definition) is 2. The van der Waals surface area contributed by atoms with E-state index in [2.05, 4.69) is 47.5 Å². The van der Waals surface area contributed by atoms with Gasteiger partial charge in [0.1, 0.15) is 0 Å². The van der Waals surface area contributed by atoms with Crippen LogP contribution in [0.3, 0.4) is 0 Å². The molecule has 0 heterocycles. The average molecular weight is 379 g/mol. The van der Waals surface area contributed by atoms with Crippen molar-refractivity contribution in [2.45, 2.75) is 19.8 Å². The van der Waals surface area contributed by atoms with Gasteiger partial charge in [0.05, 0.1) is 0 Å². The van der Waals surface area contributed by atoms with Crippen molar-refractivity contribution in [1.29, 1.82) is 0 Å². The molecule has 0 aromatic heterocycles. The highest BCUT2D eigenvalue weighted by Gasteiger charge is 2.02. The molecule has 0 atom stereocenters. The molecule has 2 aromatic rings. The Morgan fingerprint density at radius 3 is 1.62 bits per heavy atom. The molecule has 4 nitrogen and oxygen atoms in total. The zero-order valence-corrected chi connectivity index (χ0v) is 15.8. The summed E-state index contributed by atoms with van der Waals surface area (Å²) in [6.45, 7) is 4.32. The van der Waals surface area contributed by atoms with Crippen molar-refractivity contribution in [1.82, 2.24) is 10.9 Å². The molecule has 0 saturated heterocycles. The minimum atomic E-state index is 0.400. The lowest BCUT2D eigenvalue weighted by Gasteiger charge is -2.15. The Hall–Kier alpha value is -1.89. The van der Waals surface area contributed by atoms with E-state index in [1.165, 1.54) is 5.56 Å². The van der Waals surface area contributed by atoms with E-state index in [0.717, 1.165) is 11.4 Å². The van der Waals surface area contributed by atoms with Gasteiger partial charge >= 0.3 is 0 Å². The molecule has 0 bridgehead atoms. The molecule has 0 radical (unpaired) electrons. The molecule has 0 saturated carbocycles. The summed E-state index contributed by atoms with van der Waals surface area (Å²) in [6, 6.07) is 15.4. The number of thiocarbonyl (C=S) groups is 2. The van der Waals surface area contributed by atoms with Crippen LogP contribution in [0.2, 0.25) is 5.02 Å². The smallest absolute Gasteiger partial charge is 0.189 e. The third-order valence-electron chi connectivity index (χ3n) is 3.23. The highest BCUT2D eigenvalue weighted by atomic mass is 35.5. The maximum Gasteiger partial charge on any atom is 0.189 e. The fourth-order valence-electron chi connectivity index (χ4n) is 1.92. The van der Waals surface area contributed by atoms with Gasteiger partial charge in [-0.15, -0.1) is 0 Å². The van der Waals surface area contributed by atoms with Crippen molar-refractivity contribution < 1.29 is 0 Å². The standard InChI is InChI=1S/C17H19ClN4S2/c1-11(2)12-3-7-14(8-4-12)19-16(23)21-22-17(24)20-15-9-5-13(18)6-10-15/h3-11H,1-2H3,(H2,19,21,23)(H2,20,22,24). The first-order chi connectivity index (χ1) is 11.4. The van der Waals surface area contributed by atoms with Crippen LogP contribution >= 0.6 is 36.0 Å². The van der Waals surface area contributed by atoms with Gasteiger partial charge in [-0.3, -0.25) is 10.9 Å². The van der Waals surface area contributed by atoms with Crippen LogP contribution in [0.4, 0.5) is 11.4 Å². The zero-order chi connectivity index (χ0) is 17.5. The van der Waals surface area contributed by atoms with Crippen LogP contribution in [0, 0.1) is 0 Å². The largest absolute Gasteiger partial charge is 0.331 e. The SMILES string of the molecule is CC(C)c1ccc(NC(=S)NNC(=S)Nc2ccc(Cl)cc2)cc1. The second-order valence-electron chi connectivity index (χ2n) is 5.44. The van der Waals surface area contributed by atoms with E-state index in [9.17, 15) is 0 Å². The predicted molar refractivity (Wildman–Crippen MR) is 111 cm³/mol. The van der Waals surface area contributed by atoms with E-state index in [0.29, 0.717) is 21.2 Å². The molecule has 0 aliphatic rings. The predicted octanol–water partition coefficient (Wildman–Crippen LogP) is 4.65. The maximum atomic E-state index is 5.84. The Morgan fingerprint density at radius 2 is 1.21 bits per heavy atom. The molecule has 2 aromatic carbocycles. The molecule has 0 spiro atoms. The highest BCUT2D eigenvalue weighted by Crippen LogP contribution is 2.17. The monoisotopic (exact) mass is 378 g/mol. The minimum absolute atomic E-state index is 0.400. The summed E-state index contributed by atoms with van der Waals surface area (Å²) in [7, 11) is 0. The average Bonchev–Trinajstić information content (AvgIpc) is 2.55. The summed E-state index contributed by atoms with van der Waals surface area (Å²) >= 11 is 16.3. The quantitative estimate of drug-likeness (QED) is 0.460. The van der Waals surface area contributed by atoms with E-state index < -0.39 is 0 Å². The van der Waals surface area contributed by atoms with Crippen LogP contribution < -0.4 is 21.5 Å². The number of rotatable bonds is 3. The first kappa shape index (κ1) is 18.4. The minimum Gasteiger partial charge on any atom is -0.331 e. The summed E-state index contributed by atoms with van der Waals surface area (Å²) in [5.74, 6) is 0.502. The summed E-state index contributed by atoms with van der Waals surface area (Å²) in [4.78, 5) is 0. The van der Waals surface area contributed by atoms with Gasteiger partial charge < -0.3 is 10.6 Å². The summed E-state index contributed by atoms with van der Waals surface area (Å²) < 4.78 is 0. The van der Waals surface area contributed by atoms with Crippen LogP contribution in [0.25, 0.3) is 0 Å². The lowest BCUT2D eigenvalue weighted by molar-refractivity contribution is 0.866. The topological polar surface area (TPSA) is 48.1 Å². The Labute approximate surface area is 158 Å². The van der Waals surface area contributed by atoms with E-state index in [-0.39, 0.29) is 0 Å². The van der Waals surface area contributed by atoms with Crippen molar-refractivity contribution in [3.63, 3.8) is 0 Å². The van der Waals surface area contributed by atoms with Gasteiger partial charge in [-0.2, -0.15) is 0 Å². The molecule has 126 valence electrons. The maximum absolute atomic E-state index is 5.84. The van der Waals surface area contributed by atoms with Crippen molar-refractivity contribution in [3.8, 4) is 0 Å². The number of benzene rings is 2. The van der Waals surface area contributed by atoms with Gasteiger partial charge in [0.25, 0.3) is 0 Å². The van der Waals surface area contributed by atoms with Crippen molar-refractivity contribution in [2.75, 3.05) is 10.6 Å². The molecular weight excluding hydrogens is 360 g/mol. The Balaban J connectivity index is 1.77.